The molecular weight excluding hydrogens is 270 g/mol. The minimum absolute atomic E-state index is 0.0967. The minimum Gasteiger partial charge on any atom is -0.387 e. The molecule has 20 heavy (non-hydrogen) atoms. The number of hydrogen-bond acceptors (Lipinski definition) is 5. The van der Waals surface area contributed by atoms with E-state index in [4.69, 9.17) is 0 Å². The number of thiazole rings is 1. The summed E-state index contributed by atoms with van der Waals surface area (Å²) in [6, 6.07) is 3.65. The summed E-state index contributed by atoms with van der Waals surface area (Å²) < 4.78 is 0. The maximum absolute atomic E-state index is 10.0. The number of pyridine rings is 1. The van der Waals surface area contributed by atoms with Crippen LogP contribution in [0.4, 0.5) is 0 Å². The van der Waals surface area contributed by atoms with Crippen LogP contribution in [-0.2, 0) is 12.0 Å². The van der Waals surface area contributed by atoms with E-state index in [1.807, 2.05) is 12.1 Å². The van der Waals surface area contributed by atoms with Crippen molar-refractivity contribution in [3.8, 4) is 0 Å². The van der Waals surface area contributed by atoms with E-state index in [9.17, 15) is 5.11 Å². The summed E-state index contributed by atoms with van der Waals surface area (Å²) in [5.41, 5.74) is 2.00. The van der Waals surface area contributed by atoms with Gasteiger partial charge in [-0.2, -0.15) is 0 Å². The highest BCUT2D eigenvalue weighted by Gasteiger charge is 2.17. The number of nitrogens with one attached hydrogen (secondary N) is 1. The lowest BCUT2D eigenvalue weighted by Gasteiger charge is -2.14. The Kier molecular flexibility index (Phi) is 4.86. The molecule has 5 heteroatoms. The van der Waals surface area contributed by atoms with Crippen molar-refractivity contribution in [2.45, 2.75) is 38.8 Å². The van der Waals surface area contributed by atoms with Gasteiger partial charge in [-0.1, -0.05) is 20.8 Å². The van der Waals surface area contributed by atoms with Gasteiger partial charge in [0.2, 0.25) is 0 Å². The van der Waals surface area contributed by atoms with Crippen LogP contribution in [0, 0.1) is 0 Å². The lowest BCUT2D eigenvalue weighted by molar-refractivity contribution is 0.174. The van der Waals surface area contributed by atoms with Crippen LogP contribution in [0.1, 0.15) is 43.1 Å². The first-order chi connectivity index (χ1) is 9.47. The fraction of sp³-hybridized carbons (Fsp3) is 0.467. The van der Waals surface area contributed by atoms with Gasteiger partial charge >= 0.3 is 0 Å². The second-order valence-electron chi connectivity index (χ2n) is 5.82. The molecule has 2 N–H and O–H groups in total. The van der Waals surface area contributed by atoms with Crippen molar-refractivity contribution in [2.75, 3.05) is 6.54 Å². The van der Waals surface area contributed by atoms with Crippen LogP contribution in [-0.4, -0.2) is 21.6 Å². The first-order valence-corrected chi connectivity index (χ1v) is 7.58. The van der Waals surface area contributed by atoms with Gasteiger partial charge in [0.25, 0.3) is 0 Å². The van der Waals surface area contributed by atoms with E-state index < -0.39 is 6.10 Å². The zero-order valence-corrected chi connectivity index (χ0v) is 12.9. The molecule has 0 radical (unpaired) electrons. The Bertz CT molecular complexity index is 534. The summed E-state index contributed by atoms with van der Waals surface area (Å²) in [6.07, 6.45) is 2.86. The Morgan fingerprint density at radius 2 is 2.00 bits per heavy atom. The highest BCUT2D eigenvalue weighted by molar-refractivity contribution is 7.09. The summed E-state index contributed by atoms with van der Waals surface area (Å²) in [7, 11) is 0. The first kappa shape index (κ1) is 15.1. The molecule has 0 aliphatic heterocycles. The molecule has 0 aliphatic rings. The van der Waals surface area contributed by atoms with E-state index >= 15 is 0 Å². The number of nitrogens with zero attached hydrogens (tertiary/aromatic N) is 2. The molecular formula is C15H21N3OS. The Morgan fingerprint density at radius 3 is 2.60 bits per heavy atom. The third kappa shape index (κ3) is 4.10. The van der Waals surface area contributed by atoms with Crippen LogP contribution >= 0.6 is 11.3 Å². The van der Waals surface area contributed by atoms with Gasteiger partial charge in [0, 0.05) is 36.3 Å². The third-order valence-corrected chi connectivity index (χ3v) is 4.24. The van der Waals surface area contributed by atoms with E-state index in [2.05, 4.69) is 41.4 Å². The molecule has 0 saturated carbocycles. The SMILES string of the molecule is CC(C)(C)c1nc(CNCC(O)c2ccncc2)cs1. The standard InChI is InChI=1S/C15H21N3OS/c1-15(2,3)14-18-12(10-20-14)8-17-9-13(19)11-4-6-16-7-5-11/h4-7,10,13,17,19H,8-9H2,1-3H3. The molecule has 0 aliphatic carbocycles. The maximum Gasteiger partial charge on any atom is 0.0982 e. The first-order valence-electron chi connectivity index (χ1n) is 6.70. The fourth-order valence-corrected chi connectivity index (χ4v) is 2.68. The number of hydrogen-bond donors (Lipinski definition) is 2. The summed E-state index contributed by atoms with van der Waals surface area (Å²) in [6.45, 7) is 7.67. The Labute approximate surface area is 123 Å². The van der Waals surface area contributed by atoms with Crippen molar-refractivity contribution < 1.29 is 5.11 Å². The van der Waals surface area contributed by atoms with Crippen LogP contribution in [0.5, 0.6) is 0 Å². The number of aliphatic hydroxyl groups excluding tert-OH is 1. The van der Waals surface area contributed by atoms with Crippen LogP contribution < -0.4 is 5.32 Å². The number of aromatic nitrogens is 2. The van der Waals surface area contributed by atoms with Crippen molar-refractivity contribution >= 4 is 11.3 Å². The minimum atomic E-state index is -0.515. The number of aliphatic hydroxyl groups is 1. The van der Waals surface area contributed by atoms with E-state index in [0.717, 1.165) is 16.3 Å². The van der Waals surface area contributed by atoms with Gasteiger partial charge in [0.05, 0.1) is 16.8 Å². The molecule has 0 amide bonds. The van der Waals surface area contributed by atoms with Crippen LogP contribution in [0.2, 0.25) is 0 Å². The van der Waals surface area contributed by atoms with E-state index in [1.165, 1.54) is 0 Å². The van der Waals surface area contributed by atoms with Crippen molar-refractivity contribution in [1.82, 2.24) is 15.3 Å². The predicted octanol–water partition coefficient (Wildman–Crippen LogP) is 2.66. The highest BCUT2D eigenvalue weighted by Crippen LogP contribution is 2.25. The van der Waals surface area contributed by atoms with Crippen molar-refractivity contribution in [3.63, 3.8) is 0 Å². The molecule has 2 aromatic rings. The second kappa shape index (κ2) is 6.43. The molecule has 0 aromatic carbocycles. The molecule has 1 atom stereocenters. The second-order valence-corrected chi connectivity index (χ2v) is 6.68. The maximum atomic E-state index is 10.0. The lowest BCUT2D eigenvalue weighted by Crippen LogP contribution is -2.21. The Balaban J connectivity index is 1.83. The molecule has 0 saturated heterocycles. The van der Waals surface area contributed by atoms with Gasteiger partial charge in [-0.15, -0.1) is 11.3 Å². The van der Waals surface area contributed by atoms with E-state index in [1.54, 1.807) is 23.7 Å². The Morgan fingerprint density at radius 1 is 1.30 bits per heavy atom. The molecule has 0 spiro atoms. The van der Waals surface area contributed by atoms with Gasteiger partial charge in [-0.25, -0.2) is 4.98 Å². The van der Waals surface area contributed by atoms with Crippen molar-refractivity contribution in [1.29, 1.82) is 0 Å². The lowest BCUT2D eigenvalue weighted by atomic mass is 9.98. The topological polar surface area (TPSA) is 58.0 Å². The number of rotatable bonds is 5. The molecule has 1 unspecified atom stereocenters. The van der Waals surface area contributed by atoms with Gasteiger partial charge in [-0.3, -0.25) is 4.98 Å². The average Bonchev–Trinajstić information content (AvgIpc) is 2.88. The monoisotopic (exact) mass is 291 g/mol. The molecule has 108 valence electrons. The molecule has 2 aromatic heterocycles. The molecule has 0 fully saturated rings. The van der Waals surface area contributed by atoms with Gasteiger partial charge in [-0.05, 0) is 17.7 Å². The van der Waals surface area contributed by atoms with E-state index in [-0.39, 0.29) is 5.41 Å². The Hall–Kier alpha value is -1.30. The molecule has 2 rings (SSSR count). The predicted molar refractivity (Wildman–Crippen MR) is 81.7 cm³/mol. The summed E-state index contributed by atoms with van der Waals surface area (Å²) in [4.78, 5) is 8.56. The third-order valence-electron chi connectivity index (χ3n) is 2.93. The molecule has 2 heterocycles. The summed E-state index contributed by atoms with van der Waals surface area (Å²) in [5, 5.41) is 16.5. The van der Waals surface area contributed by atoms with Gasteiger partial charge < -0.3 is 10.4 Å². The zero-order valence-electron chi connectivity index (χ0n) is 12.1. The molecule has 0 bridgehead atoms. The zero-order chi connectivity index (χ0) is 14.6. The van der Waals surface area contributed by atoms with Gasteiger partial charge in [0.1, 0.15) is 0 Å². The highest BCUT2D eigenvalue weighted by atomic mass is 32.1. The van der Waals surface area contributed by atoms with Gasteiger partial charge in [0.15, 0.2) is 0 Å². The fourth-order valence-electron chi connectivity index (χ4n) is 1.77. The van der Waals surface area contributed by atoms with Crippen LogP contribution in [0.3, 0.4) is 0 Å². The van der Waals surface area contributed by atoms with Crippen LogP contribution in [0.15, 0.2) is 29.9 Å². The quantitative estimate of drug-likeness (QED) is 0.889. The van der Waals surface area contributed by atoms with Crippen molar-refractivity contribution in [3.05, 3.63) is 46.2 Å². The van der Waals surface area contributed by atoms with E-state index in [0.29, 0.717) is 13.1 Å². The average molecular weight is 291 g/mol. The summed E-state index contributed by atoms with van der Waals surface area (Å²) in [5.74, 6) is 0. The largest absolute Gasteiger partial charge is 0.387 e. The van der Waals surface area contributed by atoms with Crippen molar-refractivity contribution in [2.24, 2.45) is 0 Å². The smallest absolute Gasteiger partial charge is 0.0982 e. The molecule has 4 nitrogen and oxygen atoms in total. The normalized spacial score (nSPS) is 13.4. The summed E-state index contributed by atoms with van der Waals surface area (Å²) >= 11 is 1.69. The van der Waals surface area contributed by atoms with Crippen LogP contribution in [0.25, 0.3) is 0 Å².